The molecule has 5 fully saturated rings. The van der Waals surface area contributed by atoms with Gasteiger partial charge >= 0.3 is 0 Å². The van der Waals surface area contributed by atoms with Crippen molar-refractivity contribution in [3.63, 3.8) is 0 Å². The van der Waals surface area contributed by atoms with Crippen molar-refractivity contribution < 1.29 is 4.74 Å². The van der Waals surface area contributed by atoms with Gasteiger partial charge in [0.05, 0.1) is 12.2 Å². The van der Waals surface area contributed by atoms with E-state index in [4.69, 9.17) is 4.74 Å². The Hall–Kier alpha value is -0.0400. The highest BCUT2D eigenvalue weighted by Gasteiger charge is 2.65. The first kappa shape index (κ1) is 20.8. The van der Waals surface area contributed by atoms with Crippen LogP contribution in [0.3, 0.4) is 0 Å². The van der Waals surface area contributed by atoms with Crippen molar-refractivity contribution in [3.05, 3.63) is 0 Å². The average Bonchev–Trinajstić information content (AvgIpc) is 3.14. The minimum Gasteiger partial charge on any atom is -0.374 e. The molecule has 1 heterocycles. The van der Waals surface area contributed by atoms with Crippen molar-refractivity contribution in [1.82, 2.24) is 0 Å². The normalized spacial score (nSPS) is 56.6. The summed E-state index contributed by atoms with van der Waals surface area (Å²) >= 11 is 0. The molecule has 4 aliphatic carbocycles. The van der Waals surface area contributed by atoms with Gasteiger partial charge in [0.15, 0.2) is 0 Å². The van der Waals surface area contributed by atoms with E-state index in [0.29, 0.717) is 23.0 Å². The van der Waals surface area contributed by atoms with Gasteiger partial charge in [0.2, 0.25) is 0 Å². The summed E-state index contributed by atoms with van der Waals surface area (Å²) in [5.74, 6) is 7.36. The van der Waals surface area contributed by atoms with Crippen molar-refractivity contribution in [1.29, 1.82) is 0 Å². The van der Waals surface area contributed by atoms with Gasteiger partial charge in [-0.05, 0) is 116 Å². The van der Waals surface area contributed by atoms with E-state index in [9.17, 15) is 0 Å². The summed E-state index contributed by atoms with van der Waals surface area (Å²) in [4.78, 5) is 0. The molecule has 0 N–H and O–H groups in total. The highest BCUT2D eigenvalue weighted by atomic mass is 16.5. The van der Waals surface area contributed by atoms with Gasteiger partial charge < -0.3 is 4.74 Å². The van der Waals surface area contributed by atoms with Crippen LogP contribution in [0.15, 0.2) is 0 Å². The van der Waals surface area contributed by atoms with Crippen LogP contribution >= 0.6 is 0 Å². The zero-order chi connectivity index (χ0) is 20.6. The van der Waals surface area contributed by atoms with Gasteiger partial charge in [0.1, 0.15) is 0 Å². The Morgan fingerprint density at radius 3 is 2.41 bits per heavy atom. The fourth-order valence-electron chi connectivity index (χ4n) is 9.99. The van der Waals surface area contributed by atoms with Gasteiger partial charge in [0, 0.05) is 0 Å². The maximum atomic E-state index is 6.83. The lowest BCUT2D eigenvalue weighted by atomic mass is 9.44. The second-order valence-electron chi connectivity index (χ2n) is 13.4. The molecule has 0 unspecified atom stereocenters. The van der Waals surface area contributed by atoms with Crippen LogP contribution in [0.25, 0.3) is 0 Å². The lowest BCUT2D eigenvalue weighted by Crippen LogP contribution is -2.53. The van der Waals surface area contributed by atoms with E-state index in [1.165, 1.54) is 64.2 Å². The lowest BCUT2D eigenvalue weighted by Gasteiger charge is -2.61. The van der Waals surface area contributed by atoms with E-state index in [1.54, 1.807) is 0 Å². The molecule has 0 aromatic heterocycles. The Morgan fingerprint density at radius 2 is 1.66 bits per heavy atom. The summed E-state index contributed by atoms with van der Waals surface area (Å²) in [5.41, 5.74) is 1.21. The van der Waals surface area contributed by atoms with E-state index in [2.05, 4.69) is 41.5 Å². The molecule has 0 bridgehead atoms. The molecule has 1 nitrogen and oxygen atoms in total. The lowest BCUT2D eigenvalue weighted by molar-refractivity contribution is -0.121. The third-order valence-corrected chi connectivity index (χ3v) is 11.5. The van der Waals surface area contributed by atoms with E-state index in [-0.39, 0.29) is 0 Å². The van der Waals surface area contributed by atoms with Crippen LogP contribution in [-0.2, 0) is 4.74 Å². The minimum atomic E-state index is 0.538. The van der Waals surface area contributed by atoms with Crippen molar-refractivity contribution >= 4 is 0 Å². The van der Waals surface area contributed by atoms with E-state index in [1.807, 2.05) is 0 Å². The van der Waals surface area contributed by atoms with Crippen LogP contribution < -0.4 is 0 Å². The third-order valence-electron chi connectivity index (χ3n) is 11.5. The number of hydrogen-bond donors (Lipinski definition) is 0. The average molecular weight is 401 g/mol. The topological polar surface area (TPSA) is 9.23 Å². The summed E-state index contributed by atoms with van der Waals surface area (Å²) in [6.45, 7) is 15.2. The predicted octanol–water partition coefficient (Wildman–Crippen LogP) is 7.73. The SMILES string of the molecule is CC(C)CC[C@H]1O[C@H]2C[C@H]3[C@@H]4CC[C@@H]5C[C@@H](C)CC[C@]5(C)[C@H]4CC[C@]3(C)[C@H]2[C@@H]1C. The molecule has 0 aromatic carbocycles. The molecule has 5 rings (SSSR count). The smallest absolute Gasteiger partial charge is 0.0618 e. The molecular weight excluding hydrogens is 352 g/mol. The zero-order valence-corrected chi connectivity index (χ0v) is 20.3. The number of fused-ring (bicyclic) bond motifs is 7. The van der Waals surface area contributed by atoms with Crippen LogP contribution in [0.4, 0.5) is 0 Å². The Kier molecular flexibility index (Phi) is 5.21. The van der Waals surface area contributed by atoms with Crippen molar-refractivity contribution in [3.8, 4) is 0 Å². The summed E-state index contributed by atoms with van der Waals surface area (Å²) in [6.07, 6.45) is 15.7. The second-order valence-corrected chi connectivity index (χ2v) is 13.4. The van der Waals surface area contributed by atoms with E-state index < -0.39 is 0 Å². The first-order valence-electron chi connectivity index (χ1n) is 13.4. The van der Waals surface area contributed by atoms with Crippen molar-refractivity contribution in [2.24, 2.45) is 58.2 Å². The molecule has 0 aromatic rings. The maximum absolute atomic E-state index is 6.83. The van der Waals surface area contributed by atoms with Crippen LogP contribution in [0, 0.1) is 58.2 Å². The monoisotopic (exact) mass is 400 g/mol. The van der Waals surface area contributed by atoms with E-state index in [0.717, 1.165) is 47.3 Å². The number of ether oxygens (including phenoxy) is 1. The van der Waals surface area contributed by atoms with Crippen LogP contribution in [0.5, 0.6) is 0 Å². The molecular formula is C28H48O. The molecule has 0 spiro atoms. The Morgan fingerprint density at radius 1 is 0.897 bits per heavy atom. The molecule has 4 saturated carbocycles. The number of rotatable bonds is 3. The van der Waals surface area contributed by atoms with Gasteiger partial charge in [-0.1, -0.05) is 48.0 Å². The van der Waals surface area contributed by atoms with Gasteiger partial charge in [-0.3, -0.25) is 0 Å². The van der Waals surface area contributed by atoms with E-state index >= 15 is 0 Å². The maximum Gasteiger partial charge on any atom is 0.0618 e. The first-order chi connectivity index (χ1) is 13.7. The zero-order valence-electron chi connectivity index (χ0n) is 20.3. The molecule has 0 amide bonds. The van der Waals surface area contributed by atoms with Crippen LogP contribution in [-0.4, -0.2) is 12.2 Å². The van der Waals surface area contributed by atoms with Gasteiger partial charge in [-0.2, -0.15) is 0 Å². The standard InChI is InChI=1S/C28H48O/c1-17(2)7-10-24-19(4)26-25(29-24)16-23-21-9-8-20-15-18(3)11-13-27(20,5)22(21)12-14-28(23,26)6/h17-26H,7-16H2,1-6H3/t18-,19+,20+,21+,22-,23-,24+,25-,26-,27-,28-/m0/s1. The summed E-state index contributed by atoms with van der Waals surface area (Å²) in [7, 11) is 0. The highest BCUT2D eigenvalue weighted by molar-refractivity contribution is 5.13. The summed E-state index contributed by atoms with van der Waals surface area (Å²) in [6, 6.07) is 0. The largest absolute Gasteiger partial charge is 0.374 e. The fourth-order valence-corrected chi connectivity index (χ4v) is 9.99. The predicted molar refractivity (Wildman–Crippen MR) is 122 cm³/mol. The molecule has 1 saturated heterocycles. The molecule has 1 heteroatoms. The number of hydrogen-bond acceptors (Lipinski definition) is 1. The van der Waals surface area contributed by atoms with Crippen LogP contribution in [0.1, 0.15) is 106 Å². The Balaban J connectivity index is 1.35. The van der Waals surface area contributed by atoms with Crippen molar-refractivity contribution in [2.45, 2.75) is 118 Å². The Bertz CT molecular complexity index is 611. The van der Waals surface area contributed by atoms with Gasteiger partial charge in [-0.25, -0.2) is 0 Å². The molecule has 166 valence electrons. The molecule has 29 heavy (non-hydrogen) atoms. The molecule has 5 aliphatic rings. The minimum absolute atomic E-state index is 0.538. The van der Waals surface area contributed by atoms with Crippen molar-refractivity contribution in [2.75, 3.05) is 0 Å². The van der Waals surface area contributed by atoms with Crippen LogP contribution in [0.2, 0.25) is 0 Å². The Labute approximate surface area is 181 Å². The fraction of sp³-hybridized carbons (Fsp3) is 1.00. The molecule has 1 aliphatic heterocycles. The quantitative estimate of drug-likeness (QED) is 0.471. The molecule has 0 radical (unpaired) electrons. The van der Waals surface area contributed by atoms with Gasteiger partial charge in [0.25, 0.3) is 0 Å². The summed E-state index contributed by atoms with van der Waals surface area (Å²) in [5, 5.41) is 0. The first-order valence-corrected chi connectivity index (χ1v) is 13.4. The third kappa shape index (κ3) is 3.10. The molecule has 11 atom stereocenters. The second kappa shape index (κ2) is 7.25. The van der Waals surface area contributed by atoms with Gasteiger partial charge in [-0.15, -0.1) is 0 Å². The summed E-state index contributed by atoms with van der Waals surface area (Å²) < 4.78 is 6.83. The highest BCUT2D eigenvalue weighted by Crippen LogP contribution is 2.70.